The summed E-state index contributed by atoms with van der Waals surface area (Å²) >= 11 is 0. The smallest absolute Gasteiger partial charge is 0.335 e. The second kappa shape index (κ2) is 7.32. The number of benzene rings is 2. The molecule has 0 saturated heterocycles. The molecule has 30 heavy (non-hydrogen) atoms. The fourth-order valence-corrected chi connectivity index (χ4v) is 3.52. The summed E-state index contributed by atoms with van der Waals surface area (Å²) < 4.78 is 0. The number of carbonyl (C=O) groups excluding carboxylic acids is 1. The van der Waals surface area contributed by atoms with Gasteiger partial charge in [-0.2, -0.15) is 5.10 Å². The molecule has 2 aromatic heterocycles. The number of nitrogens with two attached hydrogens (primary N) is 1. The molecule has 0 unspecified atom stereocenters. The Morgan fingerprint density at radius 3 is 2.60 bits per heavy atom. The van der Waals surface area contributed by atoms with Gasteiger partial charge in [0.2, 0.25) is 0 Å². The lowest BCUT2D eigenvalue weighted by atomic mass is 10.00. The van der Waals surface area contributed by atoms with Crippen molar-refractivity contribution < 1.29 is 14.7 Å². The number of carboxylic acid groups (broad SMARTS) is 1. The molecule has 0 fully saturated rings. The van der Waals surface area contributed by atoms with Crippen LogP contribution in [0.5, 0.6) is 0 Å². The minimum Gasteiger partial charge on any atom is -0.478 e. The molecular weight excluding hydrogens is 382 g/mol. The topological polar surface area (TPSA) is 134 Å². The van der Waals surface area contributed by atoms with Gasteiger partial charge in [-0.3, -0.25) is 14.9 Å². The Labute approximate surface area is 171 Å². The minimum atomic E-state index is -1.04. The molecule has 0 atom stereocenters. The zero-order chi connectivity index (χ0) is 21.4. The fourth-order valence-electron chi connectivity index (χ4n) is 3.52. The lowest BCUT2D eigenvalue weighted by Gasteiger charge is -2.14. The van der Waals surface area contributed by atoms with Gasteiger partial charge in [-0.25, -0.2) is 4.79 Å². The van der Waals surface area contributed by atoms with Gasteiger partial charge in [0.05, 0.1) is 28.0 Å². The second-order valence-electron chi connectivity index (χ2n) is 6.96. The first-order valence-electron chi connectivity index (χ1n) is 9.20. The van der Waals surface area contributed by atoms with E-state index < -0.39 is 11.9 Å². The molecule has 2 aromatic carbocycles. The van der Waals surface area contributed by atoms with Crippen molar-refractivity contribution in [2.45, 2.75) is 13.8 Å². The van der Waals surface area contributed by atoms with Gasteiger partial charge in [-0.15, -0.1) is 0 Å². The van der Waals surface area contributed by atoms with Crippen LogP contribution in [0.3, 0.4) is 0 Å². The average molecular weight is 401 g/mol. The number of primary amides is 1. The van der Waals surface area contributed by atoms with Gasteiger partial charge in [0.1, 0.15) is 0 Å². The van der Waals surface area contributed by atoms with Crippen LogP contribution in [0.2, 0.25) is 0 Å². The Kier molecular flexibility index (Phi) is 4.67. The first kappa shape index (κ1) is 19.1. The number of carboxylic acids is 1. The van der Waals surface area contributed by atoms with E-state index in [4.69, 9.17) is 5.73 Å². The molecule has 0 aliphatic heterocycles. The number of pyridine rings is 1. The normalized spacial score (nSPS) is 10.9. The zero-order valence-electron chi connectivity index (χ0n) is 16.4. The molecular formula is C22H19N5O3. The summed E-state index contributed by atoms with van der Waals surface area (Å²) in [4.78, 5) is 27.7. The number of aryl methyl sites for hydroxylation is 2. The predicted molar refractivity (Wildman–Crippen MR) is 114 cm³/mol. The van der Waals surface area contributed by atoms with Gasteiger partial charge in [-0.1, -0.05) is 18.2 Å². The summed E-state index contributed by atoms with van der Waals surface area (Å²) in [6, 6.07) is 12.0. The zero-order valence-corrected chi connectivity index (χ0v) is 16.4. The summed E-state index contributed by atoms with van der Waals surface area (Å²) in [6.45, 7) is 3.88. The Morgan fingerprint density at radius 1 is 1.13 bits per heavy atom. The van der Waals surface area contributed by atoms with Gasteiger partial charge in [0.25, 0.3) is 5.91 Å². The van der Waals surface area contributed by atoms with Gasteiger partial charge >= 0.3 is 5.97 Å². The molecule has 0 saturated carbocycles. The summed E-state index contributed by atoms with van der Waals surface area (Å²) in [7, 11) is 0. The largest absolute Gasteiger partial charge is 0.478 e. The van der Waals surface area contributed by atoms with E-state index in [9.17, 15) is 14.7 Å². The molecule has 0 bridgehead atoms. The minimum absolute atomic E-state index is 0.132. The first-order valence-corrected chi connectivity index (χ1v) is 9.20. The highest BCUT2D eigenvalue weighted by molar-refractivity contribution is 6.08. The Hall–Kier alpha value is -4.20. The van der Waals surface area contributed by atoms with Crippen LogP contribution in [0.1, 0.15) is 32.1 Å². The Bertz CT molecular complexity index is 1290. The van der Waals surface area contributed by atoms with Crippen LogP contribution < -0.4 is 11.1 Å². The monoisotopic (exact) mass is 401 g/mol. The molecule has 8 nitrogen and oxygen atoms in total. The van der Waals surface area contributed by atoms with Gasteiger partial charge in [-0.05, 0) is 43.7 Å². The number of aromatic nitrogens is 3. The maximum Gasteiger partial charge on any atom is 0.335 e. The highest BCUT2D eigenvalue weighted by atomic mass is 16.4. The van der Waals surface area contributed by atoms with Crippen molar-refractivity contribution >= 4 is 34.2 Å². The maximum atomic E-state index is 12.0. The molecule has 4 aromatic rings. The number of hydrogen-bond donors (Lipinski definition) is 4. The molecule has 8 heteroatoms. The molecule has 5 N–H and O–H groups in total. The van der Waals surface area contributed by atoms with E-state index >= 15 is 0 Å². The molecule has 1 amide bonds. The van der Waals surface area contributed by atoms with Crippen LogP contribution in [0, 0.1) is 13.8 Å². The van der Waals surface area contributed by atoms with Crippen LogP contribution in [0.25, 0.3) is 22.0 Å². The number of H-pyrrole nitrogens is 1. The third-order valence-electron chi connectivity index (χ3n) is 4.93. The van der Waals surface area contributed by atoms with E-state index in [1.807, 2.05) is 32.0 Å². The summed E-state index contributed by atoms with van der Waals surface area (Å²) in [6.07, 6.45) is 1.42. The van der Waals surface area contributed by atoms with Crippen molar-refractivity contribution in [2.75, 3.05) is 5.32 Å². The van der Waals surface area contributed by atoms with Crippen molar-refractivity contribution in [2.24, 2.45) is 5.73 Å². The van der Waals surface area contributed by atoms with E-state index in [1.165, 1.54) is 18.3 Å². The number of carbonyl (C=O) groups is 2. The highest BCUT2D eigenvalue weighted by Gasteiger charge is 2.16. The van der Waals surface area contributed by atoms with Crippen LogP contribution in [0.15, 0.2) is 48.7 Å². The van der Waals surface area contributed by atoms with Crippen LogP contribution in [0.4, 0.5) is 11.4 Å². The van der Waals surface area contributed by atoms with E-state index in [2.05, 4.69) is 20.5 Å². The van der Waals surface area contributed by atoms with Crippen molar-refractivity contribution in [3.63, 3.8) is 0 Å². The van der Waals surface area contributed by atoms with Gasteiger partial charge < -0.3 is 16.2 Å². The Balaban J connectivity index is 1.86. The standard InChI is InChI=1S/C22H19N5O3/c1-11-19(12(2)27-26-11)13-6-7-16-18(9-13)24-10-17(21(23)28)20(16)25-15-5-3-4-14(8-15)22(29)30/h3-10H,1-2H3,(H2,23,28)(H,24,25)(H,26,27)(H,29,30). The molecule has 150 valence electrons. The number of hydrogen-bond acceptors (Lipinski definition) is 5. The molecule has 0 radical (unpaired) electrons. The molecule has 0 aliphatic rings. The lowest BCUT2D eigenvalue weighted by molar-refractivity contribution is 0.0696. The number of amides is 1. The third kappa shape index (κ3) is 3.35. The van der Waals surface area contributed by atoms with Crippen LogP contribution in [-0.4, -0.2) is 32.2 Å². The van der Waals surface area contributed by atoms with E-state index in [0.29, 0.717) is 22.3 Å². The van der Waals surface area contributed by atoms with E-state index in [0.717, 1.165) is 22.5 Å². The Morgan fingerprint density at radius 2 is 1.93 bits per heavy atom. The number of rotatable bonds is 5. The van der Waals surface area contributed by atoms with Crippen molar-refractivity contribution in [1.29, 1.82) is 0 Å². The molecule has 0 aliphatic carbocycles. The number of nitrogens with one attached hydrogen (secondary N) is 2. The molecule has 0 spiro atoms. The number of nitrogens with zero attached hydrogens (tertiary/aromatic N) is 2. The highest BCUT2D eigenvalue weighted by Crippen LogP contribution is 2.33. The first-order chi connectivity index (χ1) is 14.3. The van der Waals surface area contributed by atoms with E-state index in [1.54, 1.807) is 12.1 Å². The SMILES string of the molecule is Cc1n[nH]c(C)c1-c1ccc2c(Nc3cccc(C(=O)O)c3)c(C(N)=O)cnc2c1. The van der Waals surface area contributed by atoms with E-state index in [-0.39, 0.29) is 11.1 Å². The predicted octanol–water partition coefficient (Wildman–Crippen LogP) is 3.78. The quantitative estimate of drug-likeness (QED) is 0.402. The summed E-state index contributed by atoms with van der Waals surface area (Å²) in [5, 5.41) is 20.3. The van der Waals surface area contributed by atoms with Crippen molar-refractivity contribution in [3.8, 4) is 11.1 Å². The van der Waals surface area contributed by atoms with Crippen LogP contribution in [-0.2, 0) is 0 Å². The van der Waals surface area contributed by atoms with Crippen molar-refractivity contribution in [1.82, 2.24) is 15.2 Å². The number of aromatic carboxylic acids is 1. The second-order valence-corrected chi connectivity index (χ2v) is 6.96. The summed E-state index contributed by atoms with van der Waals surface area (Å²) in [5.41, 5.74) is 11.3. The third-order valence-corrected chi connectivity index (χ3v) is 4.93. The number of fused-ring (bicyclic) bond motifs is 1. The van der Waals surface area contributed by atoms with Gasteiger partial charge in [0.15, 0.2) is 0 Å². The molecule has 4 rings (SSSR count). The average Bonchev–Trinajstić information content (AvgIpc) is 3.05. The summed E-state index contributed by atoms with van der Waals surface area (Å²) in [5.74, 6) is -1.67. The van der Waals surface area contributed by atoms with Crippen molar-refractivity contribution in [3.05, 3.63) is 71.2 Å². The maximum absolute atomic E-state index is 12.0. The van der Waals surface area contributed by atoms with Gasteiger partial charge in [0, 0.05) is 28.5 Å². The fraction of sp³-hybridized carbons (Fsp3) is 0.0909. The number of anilines is 2. The van der Waals surface area contributed by atoms with Crippen LogP contribution >= 0.6 is 0 Å². The lowest BCUT2D eigenvalue weighted by Crippen LogP contribution is -2.14. The molecule has 2 heterocycles. The number of aromatic amines is 1.